The van der Waals surface area contributed by atoms with Crippen LogP contribution in [-0.2, 0) is 16.1 Å². The molecule has 28 heavy (non-hydrogen) atoms. The molecule has 3 N–H and O–H groups in total. The standard InChI is InChI=1S/C22H35N3O3/c1-25(19-8-11-27-12-9-19)10-13-28-20-6-2-4-17(14-20)16-24-22(26)21-7-3-5-18(21)15-23/h2,4,6,14,18-19,21H,3,5,7-13,15-16,23H2,1H3,(H,24,26)/t18-,21-/m1/s1. The molecule has 1 aliphatic heterocycles. The number of nitrogens with one attached hydrogen (secondary N) is 1. The van der Waals surface area contributed by atoms with Crippen molar-refractivity contribution in [1.29, 1.82) is 0 Å². The Balaban J connectivity index is 1.41. The van der Waals surface area contributed by atoms with E-state index in [-0.39, 0.29) is 11.8 Å². The molecule has 0 radical (unpaired) electrons. The third-order valence-electron chi connectivity index (χ3n) is 6.19. The predicted octanol–water partition coefficient (Wildman–Crippen LogP) is 2.17. The van der Waals surface area contributed by atoms with E-state index in [1.54, 1.807) is 0 Å². The molecule has 2 fully saturated rings. The molecule has 1 saturated heterocycles. The Hall–Kier alpha value is -1.63. The van der Waals surface area contributed by atoms with Crippen molar-refractivity contribution in [2.45, 2.75) is 44.7 Å². The van der Waals surface area contributed by atoms with Gasteiger partial charge in [-0.3, -0.25) is 9.69 Å². The quantitative estimate of drug-likeness (QED) is 0.677. The maximum absolute atomic E-state index is 12.5. The van der Waals surface area contributed by atoms with Gasteiger partial charge in [0.25, 0.3) is 0 Å². The Morgan fingerprint density at radius 1 is 1.29 bits per heavy atom. The minimum absolute atomic E-state index is 0.0742. The van der Waals surface area contributed by atoms with Crippen LogP contribution in [0.3, 0.4) is 0 Å². The number of carbonyl (C=O) groups excluding carboxylic acids is 1. The molecule has 0 bridgehead atoms. The minimum atomic E-state index is 0.0742. The van der Waals surface area contributed by atoms with E-state index < -0.39 is 0 Å². The topological polar surface area (TPSA) is 76.8 Å². The average molecular weight is 390 g/mol. The summed E-state index contributed by atoms with van der Waals surface area (Å²) < 4.78 is 11.4. The number of hydrogen-bond acceptors (Lipinski definition) is 5. The summed E-state index contributed by atoms with van der Waals surface area (Å²) in [5.74, 6) is 1.40. The van der Waals surface area contributed by atoms with Gasteiger partial charge < -0.3 is 20.5 Å². The summed E-state index contributed by atoms with van der Waals surface area (Å²) >= 11 is 0. The SMILES string of the molecule is CN(CCOc1cccc(CNC(=O)[C@@H]2CCC[C@@H]2CN)c1)C1CCOCC1. The summed E-state index contributed by atoms with van der Waals surface area (Å²) in [6.45, 7) is 4.40. The fraction of sp³-hybridized carbons (Fsp3) is 0.682. The molecular weight excluding hydrogens is 354 g/mol. The van der Waals surface area contributed by atoms with Crippen LogP contribution >= 0.6 is 0 Å². The maximum Gasteiger partial charge on any atom is 0.223 e. The summed E-state index contributed by atoms with van der Waals surface area (Å²) in [7, 11) is 2.16. The van der Waals surface area contributed by atoms with E-state index in [0.29, 0.717) is 31.7 Å². The van der Waals surface area contributed by atoms with Crippen LogP contribution in [0.25, 0.3) is 0 Å². The Morgan fingerprint density at radius 2 is 2.11 bits per heavy atom. The van der Waals surface area contributed by atoms with Crippen LogP contribution in [0.2, 0.25) is 0 Å². The van der Waals surface area contributed by atoms with Crippen LogP contribution in [0.15, 0.2) is 24.3 Å². The van der Waals surface area contributed by atoms with Crippen molar-refractivity contribution >= 4 is 5.91 Å². The highest BCUT2D eigenvalue weighted by Crippen LogP contribution is 2.31. The number of carbonyl (C=O) groups is 1. The van der Waals surface area contributed by atoms with Crippen LogP contribution in [-0.4, -0.2) is 56.8 Å². The molecule has 1 aromatic rings. The van der Waals surface area contributed by atoms with Gasteiger partial charge in [0.2, 0.25) is 5.91 Å². The van der Waals surface area contributed by atoms with Gasteiger partial charge in [-0.25, -0.2) is 0 Å². The van der Waals surface area contributed by atoms with E-state index in [2.05, 4.69) is 17.3 Å². The molecule has 2 atom stereocenters. The molecule has 6 nitrogen and oxygen atoms in total. The number of amides is 1. The summed E-state index contributed by atoms with van der Waals surface area (Å²) in [5.41, 5.74) is 6.86. The number of hydrogen-bond donors (Lipinski definition) is 2. The van der Waals surface area contributed by atoms with Gasteiger partial charge in [-0.15, -0.1) is 0 Å². The number of nitrogens with zero attached hydrogens (tertiary/aromatic N) is 1. The molecule has 0 aromatic heterocycles. The second-order valence-corrected chi connectivity index (χ2v) is 8.07. The van der Waals surface area contributed by atoms with Crippen molar-refractivity contribution in [3.05, 3.63) is 29.8 Å². The molecule has 2 aliphatic rings. The van der Waals surface area contributed by atoms with Crippen LogP contribution < -0.4 is 15.8 Å². The smallest absolute Gasteiger partial charge is 0.223 e. The Morgan fingerprint density at radius 3 is 2.89 bits per heavy atom. The van der Waals surface area contributed by atoms with Gasteiger partial charge in [0.15, 0.2) is 0 Å². The first kappa shape index (κ1) is 21.1. The van der Waals surface area contributed by atoms with Gasteiger partial charge in [0.05, 0.1) is 0 Å². The van der Waals surface area contributed by atoms with E-state index in [1.807, 2.05) is 24.3 Å². The van der Waals surface area contributed by atoms with Gasteiger partial charge in [-0.2, -0.15) is 0 Å². The number of ether oxygens (including phenoxy) is 2. The normalized spacial score (nSPS) is 23.1. The van der Waals surface area contributed by atoms with Gasteiger partial charge in [0, 0.05) is 38.3 Å². The molecule has 1 saturated carbocycles. The highest BCUT2D eigenvalue weighted by Gasteiger charge is 2.31. The monoisotopic (exact) mass is 389 g/mol. The number of benzene rings is 1. The van der Waals surface area contributed by atoms with E-state index in [1.165, 1.54) is 0 Å². The van der Waals surface area contributed by atoms with Crippen LogP contribution in [0.5, 0.6) is 5.75 Å². The molecule has 0 unspecified atom stereocenters. The summed E-state index contributed by atoms with van der Waals surface area (Å²) in [4.78, 5) is 14.8. The molecule has 0 spiro atoms. The van der Waals surface area contributed by atoms with Gasteiger partial charge in [-0.1, -0.05) is 18.6 Å². The summed E-state index contributed by atoms with van der Waals surface area (Å²) in [6, 6.07) is 8.59. The minimum Gasteiger partial charge on any atom is -0.492 e. The first-order valence-electron chi connectivity index (χ1n) is 10.6. The predicted molar refractivity (Wildman–Crippen MR) is 110 cm³/mol. The lowest BCUT2D eigenvalue weighted by Crippen LogP contribution is -2.38. The van der Waals surface area contributed by atoms with Crippen LogP contribution in [0, 0.1) is 11.8 Å². The van der Waals surface area contributed by atoms with E-state index in [4.69, 9.17) is 15.2 Å². The number of nitrogens with two attached hydrogens (primary N) is 1. The van der Waals surface area contributed by atoms with Crippen molar-refractivity contribution in [3.63, 3.8) is 0 Å². The second-order valence-electron chi connectivity index (χ2n) is 8.07. The first-order valence-corrected chi connectivity index (χ1v) is 10.6. The van der Waals surface area contributed by atoms with E-state index in [0.717, 1.165) is 63.2 Å². The number of rotatable bonds is 9. The van der Waals surface area contributed by atoms with Crippen LogP contribution in [0.1, 0.15) is 37.7 Å². The lowest BCUT2D eigenvalue weighted by molar-refractivity contribution is -0.126. The first-order chi connectivity index (χ1) is 13.7. The summed E-state index contributed by atoms with van der Waals surface area (Å²) in [6.07, 6.45) is 5.32. The average Bonchev–Trinajstić information content (AvgIpc) is 3.22. The molecule has 1 amide bonds. The van der Waals surface area contributed by atoms with E-state index >= 15 is 0 Å². The number of likely N-dealkylation sites (N-methyl/N-ethyl adjacent to an activating group) is 1. The zero-order valence-corrected chi connectivity index (χ0v) is 17.1. The third kappa shape index (κ3) is 5.93. The summed E-state index contributed by atoms with van der Waals surface area (Å²) in [5, 5.41) is 3.08. The third-order valence-corrected chi connectivity index (χ3v) is 6.19. The zero-order valence-electron chi connectivity index (χ0n) is 17.1. The molecule has 3 rings (SSSR count). The van der Waals surface area contributed by atoms with Crippen molar-refractivity contribution in [2.24, 2.45) is 17.6 Å². The Labute approximate surface area is 168 Å². The molecule has 156 valence electrons. The van der Waals surface area contributed by atoms with Gasteiger partial charge in [-0.05, 0) is 62.9 Å². The fourth-order valence-electron chi connectivity index (χ4n) is 4.35. The Kier molecular flexibility index (Phi) is 8.13. The molecule has 1 heterocycles. The molecule has 6 heteroatoms. The van der Waals surface area contributed by atoms with Gasteiger partial charge >= 0.3 is 0 Å². The second kappa shape index (κ2) is 10.8. The Bertz CT molecular complexity index is 619. The van der Waals surface area contributed by atoms with Crippen molar-refractivity contribution in [2.75, 3.05) is 40.0 Å². The van der Waals surface area contributed by atoms with Crippen molar-refractivity contribution in [1.82, 2.24) is 10.2 Å². The largest absolute Gasteiger partial charge is 0.492 e. The molecule has 1 aromatic carbocycles. The molecule has 1 aliphatic carbocycles. The van der Waals surface area contributed by atoms with Crippen molar-refractivity contribution in [3.8, 4) is 5.75 Å². The lowest BCUT2D eigenvalue weighted by atomic mass is 9.95. The molecular formula is C22H35N3O3. The van der Waals surface area contributed by atoms with Gasteiger partial charge in [0.1, 0.15) is 12.4 Å². The maximum atomic E-state index is 12.5. The fourth-order valence-corrected chi connectivity index (χ4v) is 4.35. The highest BCUT2D eigenvalue weighted by molar-refractivity contribution is 5.79. The van der Waals surface area contributed by atoms with E-state index in [9.17, 15) is 4.79 Å². The zero-order chi connectivity index (χ0) is 19.8. The van der Waals surface area contributed by atoms with Crippen molar-refractivity contribution < 1.29 is 14.3 Å². The highest BCUT2D eigenvalue weighted by atomic mass is 16.5. The van der Waals surface area contributed by atoms with Crippen LogP contribution in [0.4, 0.5) is 0 Å². The lowest BCUT2D eigenvalue weighted by Gasteiger charge is -2.31.